The van der Waals surface area contributed by atoms with Gasteiger partial charge in [0, 0.05) is 17.1 Å². The molecule has 33 heavy (non-hydrogen) atoms. The number of pyridine rings is 1. The minimum absolute atomic E-state index is 0.224. The van der Waals surface area contributed by atoms with Crippen LogP contribution in [-0.4, -0.2) is 24.0 Å². The molecule has 0 aliphatic heterocycles. The van der Waals surface area contributed by atoms with Crippen LogP contribution in [0, 0.1) is 0 Å². The highest BCUT2D eigenvalue weighted by Gasteiger charge is 2.31. The third-order valence-electron chi connectivity index (χ3n) is 4.70. The van der Waals surface area contributed by atoms with E-state index in [0.717, 1.165) is 5.56 Å². The van der Waals surface area contributed by atoms with Gasteiger partial charge < -0.3 is 14.0 Å². The van der Waals surface area contributed by atoms with Crippen LogP contribution in [0.4, 0.5) is 13.2 Å². The molecule has 5 nitrogen and oxygen atoms in total. The predicted molar refractivity (Wildman–Crippen MR) is 122 cm³/mol. The first kappa shape index (κ1) is 24.3. The van der Waals surface area contributed by atoms with E-state index in [0.29, 0.717) is 34.3 Å². The van der Waals surface area contributed by atoms with Gasteiger partial charge in [0.2, 0.25) is 0 Å². The summed E-state index contributed by atoms with van der Waals surface area (Å²) in [5, 5.41) is 0. The smallest absolute Gasteiger partial charge is 0.465 e. The molecule has 0 fully saturated rings. The number of carbonyl (C=O) groups excluding carboxylic acids is 1. The van der Waals surface area contributed by atoms with Gasteiger partial charge >= 0.3 is 12.3 Å². The minimum Gasteiger partial charge on any atom is -0.465 e. The van der Waals surface area contributed by atoms with Crippen molar-refractivity contribution in [2.45, 2.75) is 19.3 Å². The topological polar surface area (TPSA) is 57.5 Å². The van der Waals surface area contributed by atoms with Crippen LogP contribution in [0.3, 0.4) is 0 Å². The Morgan fingerprint density at radius 2 is 1.79 bits per heavy atom. The Kier molecular flexibility index (Phi) is 7.75. The molecule has 0 atom stereocenters. The van der Waals surface area contributed by atoms with E-state index in [1.165, 1.54) is 31.4 Å². The summed E-state index contributed by atoms with van der Waals surface area (Å²) in [7, 11) is 1.31. The number of hydrogen-bond donors (Lipinski definition) is 0. The van der Waals surface area contributed by atoms with E-state index in [9.17, 15) is 22.8 Å². The standard InChI is InChI=1S/C24H19BrF3NO4/c1-32-23(31)18-8-5-16(6-9-18)13-14-29-21(20(25)10-12-22(29)30)11-7-17-3-2-4-19(15-17)33-24(26,27)28/h2-12,15H,13-14H2,1H3/b11-7+. The third-order valence-corrected chi connectivity index (χ3v) is 5.37. The number of halogens is 4. The molecule has 0 amide bonds. The highest BCUT2D eigenvalue weighted by molar-refractivity contribution is 9.10. The average Bonchev–Trinajstić information content (AvgIpc) is 2.77. The number of benzene rings is 2. The van der Waals surface area contributed by atoms with Gasteiger partial charge in [-0.25, -0.2) is 4.79 Å². The summed E-state index contributed by atoms with van der Waals surface area (Å²) in [4.78, 5) is 24.1. The normalized spacial score (nSPS) is 11.5. The first-order valence-corrected chi connectivity index (χ1v) is 10.6. The molecule has 0 unspecified atom stereocenters. The molecule has 0 saturated heterocycles. The number of aryl methyl sites for hydroxylation is 1. The molecule has 1 heterocycles. The van der Waals surface area contributed by atoms with Crippen molar-refractivity contribution in [1.82, 2.24) is 4.57 Å². The molecule has 0 bridgehead atoms. The summed E-state index contributed by atoms with van der Waals surface area (Å²) in [6.45, 7) is 0.354. The number of ether oxygens (including phenoxy) is 2. The fourth-order valence-electron chi connectivity index (χ4n) is 3.12. The molecular weight excluding hydrogens is 503 g/mol. The first-order valence-electron chi connectivity index (χ1n) is 9.77. The van der Waals surface area contributed by atoms with E-state index in [1.54, 1.807) is 53.1 Å². The lowest BCUT2D eigenvalue weighted by molar-refractivity contribution is -0.274. The Morgan fingerprint density at radius 1 is 1.06 bits per heavy atom. The maximum absolute atomic E-state index is 12.5. The number of hydrogen-bond acceptors (Lipinski definition) is 4. The molecule has 3 aromatic rings. The highest BCUT2D eigenvalue weighted by atomic mass is 79.9. The molecule has 2 aromatic carbocycles. The fourth-order valence-corrected chi connectivity index (χ4v) is 3.60. The van der Waals surface area contributed by atoms with Crippen molar-refractivity contribution < 1.29 is 27.4 Å². The van der Waals surface area contributed by atoms with E-state index < -0.39 is 12.3 Å². The van der Waals surface area contributed by atoms with E-state index in [-0.39, 0.29) is 11.3 Å². The van der Waals surface area contributed by atoms with Crippen molar-refractivity contribution in [2.24, 2.45) is 0 Å². The van der Waals surface area contributed by atoms with Crippen molar-refractivity contribution in [1.29, 1.82) is 0 Å². The van der Waals surface area contributed by atoms with Crippen LogP contribution in [0.25, 0.3) is 12.2 Å². The summed E-state index contributed by atoms with van der Waals surface area (Å²) in [6.07, 6.45) is -1.00. The molecule has 0 radical (unpaired) electrons. The van der Waals surface area contributed by atoms with E-state index in [4.69, 9.17) is 0 Å². The second kappa shape index (κ2) is 10.5. The van der Waals surface area contributed by atoms with Crippen molar-refractivity contribution >= 4 is 34.1 Å². The number of methoxy groups -OCH3 is 1. The zero-order valence-corrected chi connectivity index (χ0v) is 19.0. The molecule has 172 valence electrons. The van der Waals surface area contributed by atoms with Gasteiger partial charge in [-0.2, -0.15) is 0 Å². The average molecular weight is 522 g/mol. The van der Waals surface area contributed by atoms with Crippen molar-refractivity contribution in [3.63, 3.8) is 0 Å². The van der Waals surface area contributed by atoms with Crippen LogP contribution in [-0.2, 0) is 17.7 Å². The summed E-state index contributed by atoms with van der Waals surface area (Å²) in [6, 6.07) is 15.5. The Hall–Kier alpha value is -3.33. The number of carbonyl (C=O) groups is 1. The van der Waals surface area contributed by atoms with Gasteiger partial charge in [0.05, 0.1) is 18.4 Å². The molecule has 0 spiro atoms. The second-order valence-corrected chi connectivity index (χ2v) is 7.80. The molecule has 0 aliphatic carbocycles. The summed E-state index contributed by atoms with van der Waals surface area (Å²) >= 11 is 3.43. The van der Waals surface area contributed by atoms with Gasteiger partial charge in [0.15, 0.2) is 0 Å². The zero-order valence-electron chi connectivity index (χ0n) is 17.4. The predicted octanol–water partition coefficient (Wildman–Crippen LogP) is 5.71. The zero-order chi connectivity index (χ0) is 24.0. The van der Waals surface area contributed by atoms with Crippen molar-refractivity contribution in [3.8, 4) is 5.75 Å². The maximum atomic E-state index is 12.5. The number of alkyl halides is 3. The van der Waals surface area contributed by atoms with Gasteiger partial charge in [0.25, 0.3) is 5.56 Å². The molecule has 9 heteroatoms. The first-order chi connectivity index (χ1) is 15.7. The fraction of sp³-hybridized carbons (Fsp3) is 0.167. The number of esters is 1. The van der Waals surface area contributed by atoms with Gasteiger partial charge in [-0.05, 0) is 69.9 Å². The Morgan fingerprint density at radius 3 is 2.45 bits per heavy atom. The van der Waals surface area contributed by atoms with Gasteiger partial charge in [0.1, 0.15) is 5.75 Å². The van der Waals surface area contributed by atoms with Crippen molar-refractivity contribution in [3.05, 3.63) is 97.9 Å². The molecule has 3 rings (SSSR count). The third kappa shape index (κ3) is 6.82. The second-order valence-electron chi connectivity index (χ2n) is 6.95. The van der Waals surface area contributed by atoms with Crippen LogP contribution < -0.4 is 10.3 Å². The van der Waals surface area contributed by atoms with Crippen LogP contribution in [0.15, 0.2) is 69.9 Å². The Labute approximate surface area is 196 Å². The summed E-state index contributed by atoms with van der Waals surface area (Å²) in [5.74, 6) is -0.758. The molecule has 0 N–H and O–H groups in total. The lowest BCUT2D eigenvalue weighted by Gasteiger charge is -2.12. The molecule has 0 aliphatic rings. The maximum Gasteiger partial charge on any atom is 0.573 e. The summed E-state index contributed by atoms with van der Waals surface area (Å²) in [5.41, 5.74) is 2.17. The lowest BCUT2D eigenvalue weighted by atomic mass is 10.1. The van der Waals surface area contributed by atoms with Gasteiger partial charge in [-0.1, -0.05) is 30.3 Å². The summed E-state index contributed by atoms with van der Waals surface area (Å²) < 4.78 is 48.3. The minimum atomic E-state index is -4.78. The molecule has 0 saturated carbocycles. The Balaban J connectivity index is 1.82. The van der Waals surface area contributed by atoms with E-state index in [1.807, 2.05) is 0 Å². The van der Waals surface area contributed by atoms with Gasteiger partial charge in [-0.15, -0.1) is 13.2 Å². The number of rotatable bonds is 7. The van der Waals surface area contributed by atoms with Crippen LogP contribution in [0.1, 0.15) is 27.2 Å². The SMILES string of the molecule is COC(=O)c1ccc(CCn2c(/C=C/c3cccc(OC(F)(F)F)c3)c(Br)ccc2=O)cc1. The lowest BCUT2D eigenvalue weighted by Crippen LogP contribution is -2.22. The van der Waals surface area contributed by atoms with Crippen LogP contribution in [0.2, 0.25) is 0 Å². The monoisotopic (exact) mass is 521 g/mol. The van der Waals surface area contributed by atoms with Crippen molar-refractivity contribution in [2.75, 3.05) is 7.11 Å². The largest absolute Gasteiger partial charge is 0.573 e. The van der Waals surface area contributed by atoms with E-state index >= 15 is 0 Å². The molecule has 1 aromatic heterocycles. The Bertz CT molecular complexity index is 1220. The number of nitrogens with zero attached hydrogens (tertiary/aromatic N) is 1. The quantitative estimate of drug-likeness (QED) is 0.373. The van der Waals surface area contributed by atoms with Crippen LogP contribution in [0.5, 0.6) is 5.75 Å². The molecular formula is C24H19BrF3NO4. The van der Waals surface area contributed by atoms with Gasteiger partial charge in [-0.3, -0.25) is 4.79 Å². The van der Waals surface area contributed by atoms with E-state index in [2.05, 4.69) is 25.4 Å². The van der Waals surface area contributed by atoms with Crippen LogP contribution >= 0.6 is 15.9 Å². The number of aromatic nitrogens is 1. The highest BCUT2D eigenvalue weighted by Crippen LogP contribution is 2.25.